The van der Waals surface area contributed by atoms with Crippen LogP contribution >= 0.6 is 12.4 Å². The summed E-state index contributed by atoms with van der Waals surface area (Å²) in [5, 5.41) is 0. The van der Waals surface area contributed by atoms with Crippen molar-refractivity contribution in [2.45, 2.75) is 17.9 Å². The summed E-state index contributed by atoms with van der Waals surface area (Å²) in [5.74, 6) is 0. The number of sulfonamides is 1. The predicted molar refractivity (Wildman–Crippen MR) is 122 cm³/mol. The molecule has 0 saturated carbocycles. The SMILES string of the molecule is Cl.O=S(=O)(c1ccc2c(c1)Cc1ccccc1-2)N1CCN(Cc2ccccc2)CC1. The van der Waals surface area contributed by atoms with Crippen molar-refractivity contribution >= 4 is 22.4 Å². The molecule has 0 N–H and O–H groups in total. The van der Waals surface area contributed by atoms with Crippen LogP contribution in [0.25, 0.3) is 11.1 Å². The third-order valence-electron chi connectivity index (χ3n) is 5.98. The summed E-state index contributed by atoms with van der Waals surface area (Å²) in [5.41, 5.74) is 6.02. The summed E-state index contributed by atoms with van der Waals surface area (Å²) >= 11 is 0. The minimum absolute atomic E-state index is 0. The number of hydrogen-bond acceptors (Lipinski definition) is 3. The highest BCUT2D eigenvalue weighted by Crippen LogP contribution is 2.37. The van der Waals surface area contributed by atoms with Crippen molar-refractivity contribution < 1.29 is 8.42 Å². The molecule has 0 unspecified atom stereocenters. The quantitative estimate of drug-likeness (QED) is 0.478. The molecule has 4 nitrogen and oxygen atoms in total. The summed E-state index contributed by atoms with van der Waals surface area (Å²) in [6.45, 7) is 3.44. The molecule has 1 aliphatic carbocycles. The molecule has 5 rings (SSSR count). The van der Waals surface area contributed by atoms with Crippen molar-refractivity contribution in [3.8, 4) is 11.1 Å². The van der Waals surface area contributed by atoms with Gasteiger partial charge in [0.25, 0.3) is 0 Å². The minimum Gasteiger partial charge on any atom is -0.296 e. The predicted octanol–water partition coefficient (Wildman–Crippen LogP) is 4.19. The normalized spacial score (nSPS) is 16.5. The fraction of sp³-hybridized carbons (Fsp3) is 0.250. The average molecular weight is 441 g/mol. The van der Waals surface area contributed by atoms with Gasteiger partial charge < -0.3 is 0 Å². The highest BCUT2D eigenvalue weighted by Gasteiger charge is 2.30. The second-order valence-electron chi connectivity index (χ2n) is 7.82. The molecule has 0 bridgehead atoms. The van der Waals surface area contributed by atoms with E-state index in [9.17, 15) is 8.42 Å². The van der Waals surface area contributed by atoms with E-state index in [1.165, 1.54) is 16.7 Å². The zero-order valence-corrected chi connectivity index (χ0v) is 18.3. The average Bonchev–Trinajstić information content (AvgIpc) is 3.13. The number of rotatable bonds is 4. The Hall–Kier alpha value is -2.18. The van der Waals surface area contributed by atoms with E-state index >= 15 is 0 Å². The molecule has 3 aromatic rings. The number of piperazine rings is 1. The lowest BCUT2D eigenvalue weighted by Gasteiger charge is -2.34. The maximum atomic E-state index is 13.2. The van der Waals surface area contributed by atoms with Gasteiger partial charge in [-0.1, -0.05) is 60.7 Å². The van der Waals surface area contributed by atoms with Gasteiger partial charge in [-0.3, -0.25) is 4.90 Å². The Morgan fingerprint density at radius 3 is 2.17 bits per heavy atom. The van der Waals surface area contributed by atoms with Gasteiger partial charge in [-0.15, -0.1) is 12.4 Å². The fourth-order valence-electron chi connectivity index (χ4n) is 4.40. The first-order valence-electron chi connectivity index (χ1n) is 10.1. The Bertz CT molecular complexity index is 1140. The lowest BCUT2D eigenvalue weighted by atomic mass is 10.1. The van der Waals surface area contributed by atoms with E-state index in [0.717, 1.165) is 37.2 Å². The smallest absolute Gasteiger partial charge is 0.243 e. The van der Waals surface area contributed by atoms with E-state index in [1.807, 2.05) is 42.5 Å². The number of hydrogen-bond donors (Lipinski definition) is 0. The van der Waals surface area contributed by atoms with E-state index in [4.69, 9.17) is 0 Å². The van der Waals surface area contributed by atoms with Gasteiger partial charge in [-0.25, -0.2) is 8.42 Å². The van der Waals surface area contributed by atoms with Crippen molar-refractivity contribution in [3.63, 3.8) is 0 Å². The highest BCUT2D eigenvalue weighted by atomic mass is 35.5. The Morgan fingerprint density at radius 2 is 1.40 bits per heavy atom. The maximum absolute atomic E-state index is 13.2. The molecular formula is C24H25ClN2O2S. The van der Waals surface area contributed by atoms with E-state index in [1.54, 1.807) is 10.4 Å². The first-order valence-corrected chi connectivity index (χ1v) is 11.5. The Balaban J connectivity index is 0.00000218. The van der Waals surface area contributed by atoms with E-state index in [-0.39, 0.29) is 12.4 Å². The molecule has 30 heavy (non-hydrogen) atoms. The van der Waals surface area contributed by atoms with Gasteiger partial charge in [0.1, 0.15) is 0 Å². The van der Waals surface area contributed by atoms with Crippen LogP contribution < -0.4 is 0 Å². The number of halogens is 1. The largest absolute Gasteiger partial charge is 0.296 e. The Morgan fingerprint density at radius 1 is 0.733 bits per heavy atom. The Labute approximate surface area is 184 Å². The maximum Gasteiger partial charge on any atom is 0.243 e. The lowest BCUT2D eigenvalue weighted by molar-refractivity contribution is 0.181. The highest BCUT2D eigenvalue weighted by molar-refractivity contribution is 7.89. The van der Waals surface area contributed by atoms with Crippen molar-refractivity contribution in [1.82, 2.24) is 9.21 Å². The Kier molecular flexibility index (Phi) is 5.98. The third kappa shape index (κ3) is 3.91. The minimum atomic E-state index is -3.46. The standard InChI is InChI=1S/C24H24N2O2S.ClH/c27-29(28,26-14-12-25(13-15-26)18-19-6-2-1-3-7-19)22-10-11-24-21(17-22)16-20-8-4-5-9-23(20)24;/h1-11,17H,12-16,18H2;1H. The first kappa shape index (κ1) is 21.1. The number of fused-ring (bicyclic) bond motifs is 3. The van der Waals surface area contributed by atoms with Crippen molar-refractivity contribution in [1.29, 1.82) is 0 Å². The molecule has 1 fully saturated rings. The molecule has 6 heteroatoms. The lowest BCUT2D eigenvalue weighted by Crippen LogP contribution is -2.48. The zero-order valence-electron chi connectivity index (χ0n) is 16.7. The molecule has 3 aromatic carbocycles. The van der Waals surface area contributed by atoms with Crippen LogP contribution in [-0.2, 0) is 23.0 Å². The van der Waals surface area contributed by atoms with Crippen LogP contribution in [0.2, 0.25) is 0 Å². The molecule has 0 radical (unpaired) electrons. The molecule has 1 saturated heterocycles. The summed E-state index contributed by atoms with van der Waals surface area (Å²) in [4.78, 5) is 2.74. The van der Waals surface area contributed by atoms with Crippen LogP contribution in [0.1, 0.15) is 16.7 Å². The van der Waals surface area contributed by atoms with Gasteiger partial charge in [0.05, 0.1) is 4.90 Å². The van der Waals surface area contributed by atoms with E-state index < -0.39 is 10.0 Å². The molecule has 2 aliphatic rings. The molecule has 0 amide bonds. The van der Waals surface area contributed by atoms with Crippen molar-refractivity contribution in [2.75, 3.05) is 26.2 Å². The van der Waals surface area contributed by atoms with Gasteiger partial charge in [-0.05, 0) is 46.4 Å². The number of benzene rings is 3. The van der Waals surface area contributed by atoms with Gasteiger partial charge in [0, 0.05) is 32.7 Å². The van der Waals surface area contributed by atoms with Gasteiger partial charge in [-0.2, -0.15) is 4.31 Å². The monoisotopic (exact) mass is 440 g/mol. The van der Waals surface area contributed by atoms with Crippen molar-refractivity contribution in [2.24, 2.45) is 0 Å². The fourth-order valence-corrected chi connectivity index (χ4v) is 5.87. The summed E-state index contributed by atoms with van der Waals surface area (Å²) in [6.07, 6.45) is 0.805. The van der Waals surface area contributed by atoms with Crippen LogP contribution in [0.15, 0.2) is 77.7 Å². The second-order valence-corrected chi connectivity index (χ2v) is 9.76. The molecular weight excluding hydrogens is 416 g/mol. The van der Waals surface area contributed by atoms with Gasteiger partial charge in [0.2, 0.25) is 10.0 Å². The van der Waals surface area contributed by atoms with Crippen LogP contribution in [0.5, 0.6) is 0 Å². The van der Waals surface area contributed by atoms with E-state index in [0.29, 0.717) is 18.0 Å². The molecule has 1 heterocycles. The summed E-state index contributed by atoms with van der Waals surface area (Å²) in [7, 11) is -3.46. The van der Waals surface area contributed by atoms with Gasteiger partial charge in [0.15, 0.2) is 0 Å². The molecule has 0 aromatic heterocycles. The zero-order chi connectivity index (χ0) is 19.8. The van der Waals surface area contributed by atoms with Crippen LogP contribution in [0, 0.1) is 0 Å². The summed E-state index contributed by atoms with van der Waals surface area (Å²) in [6, 6.07) is 24.3. The molecule has 1 aliphatic heterocycles. The molecule has 0 spiro atoms. The summed E-state index contributed by atoms with van der Waals surface area (Å²) < 4.78 is 28.1. The third-order valence-corrected chi connectivity index (χ3v) is 7.88. The number of nitrogens with zero attached hydrogens (tertiary/aromatic N) is 2. The van der Waals surface area contributed by atoms with E-state index in [2.05, 4.69) is 29.2 Å². The molecule has 0 atom stereocenters. The second kappa shape index (κ2) is 8.52. The van der Waals surface area contributed by atoms with Gasteiger partial charge >= 0.3 is 0 Å². The van der Waals surface area contributed by atoms with Crippen molar-refractivity contribution in [3.05, 3.63) is 89.5 Å². The first-order chi connectivity index (χ1) is 14.1. The van der Waals surface area contributed by atoms with Crippen LogP contribution in [0.3, 0.4) is 0 Å². The topological polar surface area (TPSA) is 40.6 Å². The van der Waals surface area contributed by atoms with Crippen LogP contribution in [-0.4, -0.2) is 43.8 Å². The molecule has 156 valence electrons. The van der Waals surface area contributed by atoms with Crippen LogP contribution in [0.4, 0.5) is 0 Å².